The van der Waals surface area contributed by atoms with E-state index in [0.29, 0.717) is 5.75 Å². The number of fused-ring (bicyclic) bond motifs is 1. The van der Waals surface area contributed by atoms with Crippen molar-refractivity contribution in [2.75, 3.05) is 14.2 Å². The van der Waals surface area contributed by atoms with Gasteiger partial charge in [0.25, 0.3) is 0 Å². The summed E-state index contributed by atoms with van der Waals surface area (Å²) in [5.74, 6) is -0.291. The van der Waals surface area contributed by atoms with Gasteiger partial charge in [0.2, 0.25) is 5.43 Å². The van der Waals surface area contributed by atoms with Crippen molar-refractivity contribution in [3.63, 3.8) is 0 Å². The zero-order valence-corrected chi connectivity index (χ0v) is 13.3. The van der Waals surface area contributed by atoms with Crippen molar-refractivity contribution in [2.24, 2.45) is 0 Å². The SMILES string of the molecule is COc1cc(OC)c2c(=O)c(C(F)(F)F)c(-c3ccccc3)oc2c1. The van der Waals surface area contributed by atoms with Gasteiger partial charge in [-0.25, -0.2) is 0 Å². The minimum absolute atomic E-state index is 0.0480. The van der Waals surface area contributed by atoms with Gasteiger partial charge in [-0.05, 0) is 0 Å². The molecule has 0 atom stereocenters. The second kappa shape index (κ2) is 6.16. The van der Waals surface area contributed by atoms with Gasteiger partial charge in [0.05, 0.1) is 14.2 Å². The summed E-state index contributed by atoms with van der Waals surface area (Å²) in [7, 11) is 2.65. The number of halogens is 3. The molecule has 0 amide bonds. The van der Waals surface area contributed by atoms with Gasteiger partial charge in [0, 0.05) is 17.7 Å². The van der Waals surface area contributed by atoms with Gasteiger partial charge < -0.3 is 13.9 Å². The third-order valence-electron chi connectivity index (χ3n) is 3.71. The van der Waals surface area contributed by atoms with Crippen LogP contribution in [0, 0.1) is 0 Å². The molecule has 0 radical (unpaired) electrons. The molecule has 0 N–H and O–H groups in total. The maximum absolute atomic E-state index is 13.6. The van der Waals surface area contributed by atoms with Crippen molar-refractivity contribution in [1.82, 2.24) is 0 Å². The maximum Gasteiger partial charge on any atom is 0.423 e. The smallest absolute Gasteiger partial charge is 0.423 e. The topological polar surface area (TPSA) is 48.7 Å². The van der Waals surface area contributed by atoms with Crippen LogP contribution in [0.1, 0.15) is 5.56 Å². The van der Waals surface area contributed by atoms with Crippen molar-refractivity contribution >= 4 is 11.0 Å². The highest BCUT2D eigenvalue weighted by Gasteiger charge is 2.40. The van der Waals surface area contributed by atoms with Crippen LogP contribution in [0.3, 0.4) is 0 Å². The fourth-order valence-electron chi connectivity index (χ4n) is 2.59. The summed E-state index contributed by atoms with van der Waals surface area (Å²) >= 11 is 0. The molecule has 1 aromatic heterocycles. The molecule has 0 saturated heterocycles. The molecule has 0 aliphatic rings. The summed E-state index contributed by atoms with van der Waals surface area (Å²) < 4.78 is 56.4. The number of hydrogen-bond acceptors (Lipinski definition) is 4. The van der Waals surface area contributed by atoms with E-state index in [1.165, 1.54) is 38.5 Å². The summed E-state index contributed by atoms with van der Waals surface area (Å²) in [6.45, 7) is 0. The zero-order valence-electron chi connectivity index (χ0n) is 13.3. The van der Waals surface area contributed by atoms with E-state index in [1.807, 2.05) is 0 Å². The lowest BCUT2D eigenvalue weighted by Crippen LogP contribution is -2.21. The standard InChI is InChI=1S/C18H13F3O4/c1-23-11-8-12(24-2)14-13(9-11)25-17(10-6-4-3-5-7-10)15(16(14)22)18(19,20)21/h3-9H,1-2H3. The Morgan fingerprint density at radius 1 is 1.00 bits per heavy atom. The Morgan fingerprint density at radius 2 is 1.68 bits per heavy atom. The fourth-order valence-corrected chi connectivity index (χ4v) is 2.59. The lowest BCUT2D eigenvalue weighted by atomic mass is 10.0. The number of methoxy groups -OCH3 is 2. The minimum atomic E-state index is -4.88. The largest absolute Gasteiger partial charge is 0.496 e. The number of rotatable bonds is 3. The fraction of sp³-hybridized carbons (Fsp3) is 0.167. The van der Waals surface area contributed by atoms with E-state index >= 15 is 0 Å². The highest BCUT2D eigenvalue weighted by Crippen LogP contribution is 2.39. The van der Waals surface area contributed by atoms with Crippen molar-refractivity contribution in [3.8, 4) is 22.8 Å². The quantitative estimate of drug-likeness (QED) is 0.698. The molecule has 2 aromatic carbocycles. The van der Waals surface area contributed by atoms with Crippen LogP contribution in [-0.4, -0.2) is 14.2 Å². The lowest BCUT2D eigenvalue weighted by Gasteiger charge is -2.14. The summed E-state index contributed by atoms with van der Waals surface area (Å²) in [6, 6.07) is 10.3. The van der Waals surface area contributed by atoms with Crippen LogP contribution in [0.2, 0.25) is 0 Å². The van der Waals surface area contributed by atoms with Gasteiger partial charge in [-0.2, -0.15) is 13.2 Å². The Labute approximate surface area is 140 Å². The van der Waals surface area contributed by atoms with Crippen LogP contribution in [0.5, 0.6) is 11.5 Å². The molecule has 0 saturated carbocycles. The molecule has 4 nitrogen and oxygen atoms in total. The minimum Gasteiger partial charge on any atom is -0.496 e. The van der Waals surface area contributed by atoms with Gasteiger partial charge in [-0.3, -0.25) is 4.79 Å². The number of benzene rings is 2. The number of alkyl halides is 3. The van der Waals surface area contributed by atoms with E-state index in [9.17, 15) is 18.0 Å². The van der Waals surface area contributed by atoms with E-state index in [1.54, 1.807) is 18.2 Å². The van der Waals surface area contributed by atoms with Crippen molar-refractivity contribution in [3.05, 3.63) is 58.3 Å². The second-order valence-corrected chi connectivity index (χ2v) is 5.20. The summed E-state index contributed by atoms with van der Waals surface area (Å²) in [4.78, 5) is 12.6. The summed E-state index contributed by atoms with van der Waals surface area (Å²) in [5.41, 5.74) is -2.47. The first-order chi connectivity index (χ1) is 11.9. The van der Waals surface area contributed by atoms with E-state index in [4.69, 9.17) is 13.9 Å². The van der Waals surface area contributed by atoms with Crippen LogP contribution in [0.4, 0.5) is 13.2 Å². The molecule has 0 aliphatic carbocycles. The predicted octanol–water partition coefficient (Wildman–Crippen LogP) is 4.50. The third-order valence-corrected chi connectivity index (χ3v) is 3.71. The van der Waals surface area contributed by atoms with Crippen LogP contribution in [0.15, 0.2) is 51.7 Å². The molecule has 0 spiro atoms. The predicted molar refractivity (Wildman–Crippen MR) is 86.0 cm³/mol. The van der Waals surface area contributed by atoms with Crippen LogP contribution >= 0.6 is 0 Å². The monoisotopic (exact) mass is 350 g/mol. The highest BCUT2D eigenvalue weighted by molar-refractivity contribution is 5.87. The third kappa shape index (κ3) is 2.93. The zero-order chi connectivity index (χ0) is 18.2. The molecule has 130 valence electrons. The molecule has 0 bridgehead atoms. The van der Waals surface area contributed by atoms with Crippen molar-refractivity contribution in [2.45, 2.75) is 6.18 Å². The van der Waals surface area contributed by atoms with E-state index in [2.05, 4.69) is 0 Å². The van der Waals surface area contributed by atoms with Crippen LogP contribution < -0.4 is 14.9 Å². The molecule has 7 heteroatoms. The van der Waals surface area contributed by atoms with E-state index in [-0.39, 0.29) is 22.3 Å². The van der Waals surface area contributed by atoms with Gasteiger partial charge in [-0.15, -0.1) is 0 Å². The summed E-state index contributed by atoms with van der Waals surface area (Å²) in [5, 5.41) is -0.282. The molecule has 1 heterocycles. The molecular formula is C18H13F3O4. The van der Waals surface area contributed by atoms with Crippen molar-refractivity contribution in [1.29, 1.82) is 0 Å². The molecule has 0 aliphatic heterocycles. The normalized spacial score (nSPS) is 11.6. The van der Waals surface area contributed by atoms with Gasteiger partial charge >= 0.3 is 6.18 Å². The van der Waals surface area contributed by atoms with E-state index < -0.39 is 22.9 Å². The Balaban J connectivity index is 2.49. The van der Waals surface area contributed by atoms with Gasteiger partial charge in [0.15, 0.2) is 5.76 Å². The van der Waals surface area contributed by atoms with Crippen molar-refractivity contribution < 1.29 is 27.1 Å². The average Bonchev–Trinajstić information content (AvgIpc) is 2.59. The average molecular weight is 350 g/mol. The Morgan fingerprint density at radius 3 is 2.24 bits per heavy atom. The molecule has 0 fully saturated rings. The Kier molecular flexibility index (Phi) is 4.16. The molecule has 0 unspecified atom stereocenters. The molecule has 3 aromatic rings. The van der Waals surface area contributed by atoms with E-state index in [0.717, 1.165) is 0 Å². The van der Waals surface area contributed by atoms with Gasteiger partial charge in [0.1, 0.15) is 28.0 Å². The Bertz CT molecular complexity index is 976. The second-order valence-electron chi connectivity index (χ2n) is 5.20. The number of hydrogen-bond donors (Lipinski definition) is 0. The first-order valence-corrected chi connectivity index (χ1v) is 7.22. The van der Waals surface area contributed by atoms with Gasteiger partial charge in [-0.1, -0.05) is 30.3 Å². The Hall–Kier alpha value is -2.96. The molecule has 25 heavy (non-hydrogen) atoms. The highest BCUT2D eigenvalue weighted by atomic mass is 19.4. The maximum atomic E-state index is 13.6. The lowest BCUT2D eigenvalue weighted by molar-refractivity contribution is -0.138. The van der Waals surface area contributed by atoms with Crippen LogP contribution in [0.25, 0.3) is 22.3 Å². The number of ether oxygens (including phenoxy) is 2. The van der Waals surface area contributed by atoms with Crippen LogP contribution in [-0.2, 0) is 6.18 Å². The first-order valence-electron chi connectivity index (χ1n) is 7.22. The molecular weight excluding hydrogens is 337 g/mol. The first kappa shape index (κ1) is 16.9. The molecule has 3 rings (SSSR count). The summed E-state index contributed by atoms with van der Waals surface area (Å²) in [6.07, 6.45) is -4.88.